The molecular weight excluding hydrogens is 482 g/mol. The number of nitro benzene ring substituents is 2. The molecule has 206 valence electrons. The molecule has 1 aromatic rings. The number of nitro groups is 2. The highest BCUT2D eigenvalue weighted by molar-refractivity contribution is 7.89. The van der Waals surface area contributed by atoms with Gasteiger partial charge in [0.2, 0.25) is 10.0 Å². The van der Waals surface area contributed by atoms with Crippen molar-refractivity contribution in [1.29, 1.82) is 0 Å². The first-order chi connectivity index (χ1) is 17.1. The fourth-order valence-corrected chi connectivity index (χ4v) is 5.72. The van der Waals surface area contributed by atoms with Crippen LogP contribution in [0.15, 0.2) is 17.0 Å². The zero-order valence-corrected chi connectivity index (χ0v) is 23.1. The van der Waals surface area contributed by atoms with E-state index in [-0.39, 0.29) is 11.6 Å². The average Bonchev–Trinajstić information content (AvgIpc) is 2.80. The molecule has 1 N–H and O–H groups in total. The van der Waals surface area contributed by atoms with Gasteiger partial charge in [0.05, 0.1) is 14.7 Å². The van der Waals surface area contributed by atoms with Crippen LogP contribution < -0.4 is 4.72 Å². The van der Waals surface area contributed by atoms with Crippen molar-refractivity contribution in [2.24, 2.45) is 0 Å². The molecular formula is C26H45N3O6S. The van der Waals surface area contributed by atoms with Crippen molar-refractivity contribution >= 4 is 21.4 Å². The summed E-state index contributed by atoms with van der Waals surface area (Å²) in [5.74, 6) is 0. The summed E-state index contributed by atoms with van der Waals surface area (Å²) < 4.78 is 27.9. The largest absolute Gasteiger partial charge is 0.280 e. The normalized spacial score (nSPS) is 12.5. The van der Waals surface area contributed by atoms with Gasteiger partial charge in [-0.25, -0.2) is 13.1 Å². The summed E-state index contributed by atoms with van der Waals surface area (Å²) >= 11 is 0. The minimum absolute atomic E-state index is 0.171. The maximum absolute atomic E-state index is 12.7. The second-order valence-electron chi connectivity index (χ2n) is 9.86. The third kappa shape index (κ3) is 12.3. The topological polar surface area (TPSA) is 132 Å². The van der Waals surface area contributed by atoms with E-state index in [0.717, 1.165) is 31.4 Å². The first kappa shape index (κ1) is 32.0. The van der Waals surface area contributed by atoms with E-state index in [4.69, 9.17) is 0 Å². The van der Waals surface area contributed by atoms with E-state index in [1.807, 2.05) is 0 Å². The molecule has 10 heteroatoms. The molecule has 0 aromatic heterocycles. The van der Waals surface area contributed by atoms with Gasteiger partial charge in [0, 0.05) is 18.2 Å². The van der Waals surface area contributed by atoms with Crippen molar-refractivity contribution < 1.29 is 18.3 Å². The van der Waals surface area contributed by atoms with Gasteiger partial charge in [-0.1, -0.05) is 103 Å². The number of rotatable bonds is 21. The lowest BCUT2D eigenvalue weighted by Gasteiger charge is -2.14. The van der Waals surface area contributed by atoms with Gasteiger partial charge in [0.25, 0.3) is 11.4 Å². The molecule has 1 atom stereocenters. The summed E-state index contributed by atoms with van der Waals surface area (Å²) in [5.41, 5.74) is -1.34. The standard InChI is InChI=1S/C26H45N3O6S/c1-4-5-6-7-8-9-10-11-12-13-14-15-16-17-18-19-22(2)27-36(34,35)24-20-25(28(30)31)23(3)26(21-24)29(32)33/h20-22,27H,4-19H2,1-3H3. The molecule has 0 radical (unpaired) electrons. The van der Waals surface area contributed by atoms with Gasteiger partial charge in [0.1, 0.15) is 5.56 Å². The van der Waals surface area contributed by atoms with Crippen LogP contribution in [-0.4, -0.2) is 24.3 Å². The molecule has 1 aromatic carbocycles. The van der Waals surface area contributed by atoms with Gasteiger partial charge in [0.15, 0.2) is 0 Å². The minimum atomic E-state index is -4.12. The number of nitrogens with zero attached hydrogens (tertiary/aromatic N) is 2. The van der Waals surface area contributed by atoms with Gasteiger partial charge in [-0.05, 0) is 20.3 Å². The van der Waals surface area contributed by atoms with Crippen LogP contribution >= 0.6 is 0 Å². The Morgan fingerprint density at radius 3 is 1.47 bits per heavy atom. The number of hydrogen-bond acceptors (Lipinski definition) is 6. The maximum atomic E-state index is 12.7. The fourth-order valence-electron chi connectivity index (χ4n) is 4.41. The van der Waals surface area contributed by atoms with Gasteiger partial charge < -0.3 is 0 Å². The van der Waals surface area contributed by atoms with E-state index < -0.39 is 36.1 Å². The molecule has 0 heterocycles. The zero-order valence-electron chi connectivity index (χ0n) is 22.3. The molecule has 0 saturated carbocycles. The predicted octanol–water partition coefficient (Wildman–Crippen LogP) is 7.74. The molecule has 0 aliphatic heterocycles. The summed E-state index contributed by atoms with van der Waals surface area (Å²) in [6, 6.07) is 1.38. The first-order valence-electron chi connectivity index (χ1n) is 13.6. The molecule has 1 unspecified atom stereocenters. The Labute approximate surface area is 216 Å². The Hall–Kier alpha value is -2.07. The number of sulfonamides is 1. The molecule has 36 heavy (non-hydrogen) atoms. The van der Waals surface area contributed by atoms with Gasteiger partial charge in [-0.3, -0.25) is 20.2 Å². The maximum Gasteiger partial charge on any atom is 0.280 e. The minimum Gasteiger partial charge on any atom is -0.258 e. The summed E-state index contributed by atoms with van der Waals surface area (Å²) in [6.45, 7) is 5.22. The van der Waals surface area contributed by atoms with Crippen LogP contribution in [0.3, 0.4) is 0 Å². The van der Waals surface area contributed by atoms with Crippen molar-refractivity contribution in [2.45, 2.75) is 134 Å². The molecule has 0 saturated heterocycles. The van der Waals surface area contributed by atoms with Crippen LogP contribution in [-0.2, 0) is 10.0 Å². The van der Waals surface area contributed by atoms with Gasteiger partial charge in [-0.15, -0.1) is 0 Å². The van der Waals surface area contributed by atoms with E-state index in [0.29, 0.717) is 6.42 Å². The predicted molar refractivity (Wildman–Crippen MR) is 144 cm³/mol. The number of nitrogens with one attached hydrogen (secondary N) is 1. The van der Waals surface area contributed by atoms with E-state index in [1.165, 1.54) is 84.0 Å². The lowest BCUT2D eigenvalue weighted by Crippen LogP contribution is -2.32. The fraction of sp³-hybridized carbons (Fsp3) is 0.769. The summed E-state index contributed by atoms with van der Waals surface area (Å²) in [5, 5.41) is 22.5. The summed E-state index contributed by atoms with van der Waals surface area (Å²) in [7, 11) is -4.12. The first-order valence-corrected chi connectivity index (χ1v) is 15.0. The third-order valence-electron chi connectivity index (χ3n) is 6.63. The van der Waals surface area contributed by atoms with Gasteiger partial charge in [-0.2, -0.15) is 0 Å². The summed E-state index contributed by atoms with van der Waals surface area (Å²) in [6.07, 6.45) is 19.5. The van der Waals surface area contributed by atoms with Crippen LogP contribution in [0, 0.1) is 27.2 Å². The quantitative estimate of drug-likeness (QED) is 0.0987. The second kappa shape index (κ2) is 17.4. The number of unbranched alkanes of at least 4 members (excludes halogenated alkanes) is 14. The summed E-state index contributed by atoms with van der Waals surface area (Å²) in [4.78, 5) is 20.4. The Balaban J connectivity index is 2.27. The number of benzene rings is 1. The molecule has 0 aliphatic carbocycles. The van der Waals surface area contributed by atoms with Crippen molar-refractivity contribution in [2.75, 3.05) is 0 Å². The van der Waals surface area contributed by atoms with Crippen molar-refractivity contribution in [3.8, 4) is 0 Å². The van der Waals surface area contributed by atoms with Crippen LogP contribution in [0.2, 0.25) is 0 Å². The Bertz CT molecular complexity index is 885. The van der Waals surface area contributed by atoms with Crippen molar-refractivity contribution in [3.05, 3.63) is 37.9 Å². The Morgan fingerprint density at radius 1 is 0.750 bits per heavy atom. The SMILES string of the molecule is CCCCCCCCCCCCCCCCCC(C)NS(=O)(=O)c1cc([N+](=O)[O-])c(C)c([N+](=O)[O-])c1. The van der Waals surface area contributed by atoms with Crippen molar-refractivity contribution in [1.82, 2.24) is 4.72 Å². The molecule has 0 bridgehead atoms. The average molecular weight is 528 g/mol. The lowest BCUT2D eigenvalue weighted by atomic mass is 10.0. The number of hydrogen-bond donors (Lipinski definition) is 1. The van der Waals surface area contributed by atoms with Crippen LogP contribution in [0.25, 0.3) is 0 Å². The molecule has 1 rings (SSSR count). The van der Waals surface area contributed by atoms with Gasteiger partial charge >= 0.3 is 0 Å². The van der Waals surface area contributed by atoms with E-state index >= 15 is 0 Å². The highest BCUT2D eigenvalue weighted by Crippen LogP contribution is 2.31. The third-order valence-corrected chi connectivity index (χ3v) is 8.20. The van der Waals surface area contributed by atoms with Crippen molar-refractivity contribution in [3.63, 3.8) is 0 Å². The van der Waals surface area contributed by atoms with E-state index in [1.54, 1.807) is 6.92 Å². The van der Waals surface area contributed by atoms with Crippen LogP contribution in [0.5, 0.6) is 0 Å². The van der Waals surface area contributed by atoms with E-state index in [2.05, 4.69) is 11.6 Å². The Morgan fingerprint density at radius 2 is 1.11 bits per heavy atom. The molecule has 0 spiro atoms. The molecule has 0 aliphatic rings. The monoisotopic (exact) mass is 527 g/mol. The zero-order chi connectivity index (χ0) is 27.0. The molecule has 9 nitrogen and oxygen atoms in total. The van der Waals surface area contributed by atoms with Crippen LogP contribution in [0.4, 0.5) is 11.4 Å². The Kier molecular flexibility index (Phi) is 15.4. The smallest absolute Gasteiger partial charge is 0.258 e. The van der Waals surface area contributed by atoms with Crippen LogP contribution in [0.1, 0.15) is 122 Å². The second-order valence-corrected chi connectivity index (χ2v) is 11.6. The molecule has 0 amide bonds. The lowest BCUT2D eigenvalue weighted by molar-refractivity contribution is -0.395. The van der Waals surface area contributed by atoms with E-state index in [9.17, 15) is 28.6 Å². The molecule has 0 fully saturated rings. The highest BCUT2D eigenvalue weighted by Gasteiger charge is 2.28. The highest BCUT2D eigenvalue weighted by atomic mass is 32.2.